The van der Waals surface area contributed by atoms with Crippen LogP contribution in [0.1, 0.15) is 5.56 Å². The highest BCUT2D eigenvalue weighted by molar-refractivity contribution is 7.90. The Morgan fingerprint density at radius 3 is 2.62 bits per heavy atom. The standard InChI is InChI=1S/C18H18FN3O3S/c1-21(11-13-6-5-7-14(19)10-13)17(23)12-22-16-9-4-3-8-15(16)20-18(22)26(2,24)25/h3-10H,11-12H2,1-2H3. The number of carbonyl (C=O) groups is 1. The van der Waals surface area contributed by atoms with Gasteiger partial charge >= 0.3 is 0 Å². The molecule has 0 aliphatic rings. The van der Waals surface area contributed by atoms with E-state index in [4.69, 9.17) is 0 Å². The number of hydrogen-bond acceptors (Lipinski definition) is 4. The molecule has 1 aromatic heterocycles. The molecule has 6 nitrogen and oxygen atoms in total. The molecule has 3 aromatic rings. The number of fused-ring (bicyclic) bond motifs is 1. The molecule has 0 aliphatic carbocycles. The zero-order valence-corrected chi connectivity index (χ0v) is 15.2. The van der Waals surface area contributed by atoms with Crippen LogP contribution >= 0.6 is 0 Å². The van der Waals surface area contributed by atoms with Gasteiger partial charge in [0.1, 0.15) is 12.4 Å². The predicted octanol–water partition coefficient (Wildman–Crippen LogP) is 2.24. The third-order valence-electron chi connectivity index (χ3n) is 3.98. The van der Waals surface area contributed by atoms with Crippen LogP contribution in [-0.4, -0.2) is 42.1 Å². The Balaban J connectivity index is 1.89. The lowest BCUT2D eigenvalue weighted by atomic mass is 10.2. The van der Waals surface area contributed by atoms with Crippen molar-refractivity contribution in [3.05, 3.63) is 59.9 Å². The minimum atomic E-state index is -3.60. The molecular formula is C18H18FN3O3S. The minimum absolute atomic E-state index is 0.147. The van der Waals surface area contributed by atoms with E-state index in [1.165, 1.54) is 21.6 Å². The largest absolute Gasteiger partial charge is 0.340 e. The Morgan fingerprint density at radius 2 is 1.92 bits per heavy atom. The van der Waals surface area contributed by atoms with Gasteiger partial charge in [-0.05, 0) is 29.8 Å². The zero-order valence-electron chi connectivity index (χ0n) is 14.4. The number of sulfone groups is 1. The molecule has 3 rings (SSSR count). The van der Waals surface area contributed by atoms with E-state index in [9.17, 15) is 17.6 Å². The Morgan fingerprint density at radius 1 is 1.19 bits per heavy atom. The fourth-order valence-corrected chi connectivity index (χ4v) is 3.57. The van der Waals surface area contributed by atoms with E-state index in [0.29, 0.717) is 16.6 Å². The Hall–Kier alpha value is -2.74. The molecule has 26 heavy (non-hydrogen) atoms. The summed E-state index contributed by atoms with van der Waals surface area (Å²) in [6, 6.07) is 12.9. The SMILES string of the molecule is CN(Cc1cccc(F)c1)C(=O)Cn1c(S(C)(=O)=O)nc2ccccc21. The van der Waals surface area contributed by atoms with Crippen LogP contribution in [-0.2, 0) is 27.7 Å². The van der Waals surface area contributed by atoms with Crippen molar-refractivity contribution >= 4 is 26.8 Å². The third kappa shape index (κ3) is 3.75. The van der Waals surface area contributed by atoms with Gasteiger partial charge in [-0.3, -0.25) is 4.79 Å². The van der Waals surface area contributed by atoms with E-state index in [1.54, 1.807) is 43.4 Å². The third-order valence-corrected chi connectivity index (χ3v) is 4.95. The summed E-state index contributed by atoms with van der Waals surface area (Å²) in [5, 5.41) is -0.147. The summed E-state index contributed by atoms with van der Waals surface area (Å²) < 4.78 is 38.8. The lowest BCUT2D eigenvalue weighted by Crippen LogP contribution is -2.30. The average Bonchev–Trinajstić information content (AvgIpc) is 2.94. The van der Waals surface area contributed by atoms with Gasteiger partial charge in [0.15, 0.2) is 0 Å². The Kier molecular flexibility index (Phi) is 4.78. The molecule has 0 atom stereocenters. The number of rotatable bonds is 5. The normalized spacial score (nSPS) is 11.7. The zero-order chi connectivity index (χ0) is 18.9. The summed E-state index contributed by atoms with van der Waals surface area (Å²) in [7, 11) is -2.01. The van der Waals surface area contributed by atoms with Gasteiger partial charge in [-0.15, -0.1) is 0 Å². The highest BCUT2D eigenvalue weighted by atomic mass is 32.2. The van der Waals surface area contributed by atoms with E-state index in [1.807, 2.05) is 0 Å². The lowest BCUT2D eigenvalue weighted by Gasteiger charge is -2.18. The van der Waals surface area contributed by atoms with Crippen molar-refractivity contribution in [2.24, 2.45) is 0 Å². The quantitative estimate of drug-likeness (QED) is 0.686. The van der Waals surface area contributed by atoms with Crippen LogP contribution in [0.15, 0.2) is 53.7 Å². The Bertz CT molecular complexity index is 1080. The second kappa shape index (κ2) is 6.87. The summed E-state index contributed by atoms with van der Waals surface area (Å²) in [4.78, 5) is 18.2. The van der Waals surface area contributed by atoms with Gasteiger partial charge < -0.3 is 9.47 Å². The minimum Gasteiger partial charge on any atom is -0.340 e. The maximum absolute atomic E-state index is 13.3. The number of carbonyl (C=O) groups excluding carboxylic acids is 1. The van der Waals surface area contributed by atoms with Crippen LogP contribution in [0.25, 0.3) is 11.0 Å². The van der Waals surface area contributed by atoms with Crippen LogP contribution in [0.4, 0.5) is 4.39 Å². The highest BCUT2D eigenvalue weighted by Gasteiger charge is 2.22. The van der Waals surface area contributed by atoms with Crippen LogP contribution in [0.2, 0.25) is 0 Å². The van der Waals surface area contributed by atoms with Gasteiger partial charge in [-0.1, -0.05) is 24.3 Å². The molecule has 8 heteroatoms. The number of halogens is 1. The fraction of sp³-hybridized carbons (Fsp3) is 0.222. The van der Waals surface area contributed by atoms with Gasteiger partial charge in [-0.2, -0.15) is 0 Å². The van der Waals surface area contributed by atoms with Crippen LogP contribution in [0, 0.1) is 5.82 Å². The van der Waals surface area contributed by atoms with Crippen LogP contribution in [0.3, 0.4) is 0 Å². The number of amides is 1. The topological polar surface area (TPSA) is 72.3 Å². The van der Waals surface area contributed by atoms with Crippen LogP contribution < -0.4 is 0 Å². The molecule has 0 spiro atoms. The van der Waals surface area contributed by atoms with Crippen molar-refractivity contribution in [3.63, 3.8) is 0 Å². The van der Waals surface area contributed by atoms with Gasteiger partial charge in [0, 0.05) is 19.8 Å². The monoisotopic (exact) mass is 375 g/mol. The molecule has 136 valence electrons. The molecule has 1 amide bonds. The number of benzene rings is 2. The van der Waals surface area contributed by atoms with Gasteiger partial charge in [-0.25, -0.2) is 17.8 Å². The van der Waals surface area contributed by atoms with Crippen molar-refractivity contribution < 1.29 is 17.6 Å². The number of hydrogen-bond donors (Lipinski definition) is 0. The smallest absolute Gasteiger partial charge is 0.242 e. The van der Waals surface area contributed by atoms with E-state index < -0.39 is 9.84 Å². The number of nitrogens with zero attached hydrogens (tertiary/aromatic N) is 3. The van der Waals surface area contributed by atoms with Crippen molar-refractivity contribution in [1.29, 1.82) is 0 Å². The molecule has 0 N–H and O–H groups in total. The van der Waals surface area contributed by atoms with Crippen molar-refractivity contribution in [3.8, 4) is 0 Å². The number of likely N-dealkylation sites (N-methyl/N-ethyl adjacent to an activating group) is 1. The highest BCUT2D eigenvalue weighted by Crippen LogP contribution is 2.20. The van der Waals surface area contributed by atoms with E-state index >= 15 is 0 Å². The first kappa shape index (κ1) is 18.1. The number of imidazole rings is 1. The van der Waals surface area contributed by atoms with Crippen LogP contribution in [0.5, 0.6) is 0 Å². The van der Waals surface area contributed by atoms with Gasteiger partial charge in [0.2, 0.25) is 20.9 Å². The molecule has 0 saturated carbocycles. The van der Waals surface area contributed by atoms with Gasteiger partial charge in [0.05, 0.1) is 11.0 Å². The molecule has 2 aromatic carbocycles. The molecule has 0 radical (unpaired) electrons. The number of aromatic nitrogens is 2. The van der Waals surface area contributed by atoms with Crippen molar-refractivity contribution in [2.75, 3.05) is 13.3 Å². The summed E-state index contributed by atoms with van der Waals surface area (Å²) in [6.45, 7) is 0.0478. The van der Waals surface area contributed by atoms with E-state index in [2.05, 4.69) is 4.98 Å². The van der Waals surface area contributed by atoms with Crippen molar-refractivity contribution in [2.45, 2.75) is 18.2 Å². The summed E-state index contributed by atoms with van der Waals surface area (Å²) in [5.41, 5.74) is 1.73. The molecule has 0 saturated heterocycles. The molecule has 0 aliphatic heterocycles. The predicted molar refractivity (Wildman–Crippen MR) is 95.7 cm³/mol. The first-order chi connectivity index (χ1) is 12.3. The lowest BCUT2D eigenvalue weighted by molar-refractivity contribution is -0.131. The maximum atomic E-state index is 13.3. The van der Waals surface area contributed by atoms with Crippen molar-refractivity contribution in [1.82, 2.24) is 14.5 Å². The molecule has 1 heterocycles. The Labute approximate surface area is 150 Å². The second-order valence-corrected chi connectivity index (χ2v) is 8.03. The van der Waals surface area contributed by atoms with E-state index in [0.717, 1.165) is 6.26 Å². The first-order valence-corrected chi connectivity index (χ1v) is 9.78. The summed E-state index contributed by atoms with van der Waals surface area (Å²) >= 11 is 0. The molecular weight excluding hydrogens is 357 g/mol. The summed E-state index contributed by atoms with van der Waals surface area (Å²) in [5.74, 6) is -0.675. The maximum Gasteiger partial charge on any atom is 0.242 e. The molecule has 0 bridgehead atoms. The molecule has 0 unspecified atom stereocenters. The first-order valence-electron chi connectivity index (χ1n) is 7.89. The average molecular weight is 375 g/mol. The molecule has 0 fully saturated rings. The fourth-order valence-electron chi connectivity index (χ4n) is 2.74. The van der Waals surface area contributed by atoms with E-state index in [-0.39, 0.29) is 30.0 Å². The second-order valence-electron chi connectivity index (χ2n) is 6.12. The van der Waals surface area contributed by atoms with Gasteiger partial charge in [0.25, 0.3) is 0 Å². The summed E-state index contributed by atoms with van der Waals surface area (Å²) in [6.07, 6.45) is 1.06. The number of para-hydroxylation sites is 2.